The number of rotatable bonds is 7. The van der Waals surface area contributed by atoms with Crippen molar-refractivity contribution in [2.24, 2.45) is 0 Å². The molecule has 0 heterocycles. The van der Waals surface area contributed by atoms with Crippen LogP contribution in [0, 0.1) is 0 Å². The summed E-state index contributed by atoms with van der Waals surface area (Å²) in [6, 6.07) is 5.23. The Morgan fingerprint density at radius 2 is 1.57 bits per heavy atom. The Kier molecular flexibility index (Phi) is 8.07. The third-order valence-corrected chi connectivity index (χ3v) is 3.98. The third-order valence-electron chi connectivity index (χ3n) is 2.59. The van der Waals surface area contributed by atoms with Crippen LogP contribution in [0.5, 0.6) is 11.5 Å². The van der Waals surface area contributed by atoms with Gasteiger partial charge in [-0.05, 0) is 17.7 Å². The Bertz CT molecular complexity index is 493. The van der Waals surface area contributed by atoms with Crippen LogP contribution in [0.4, 0.5) is 0 Å². The molecule has 1 rings (SSSR count). The lowest BCUT2D eigenvalue weighted by Crippen LogP contribution is -2.41. The van der Waals surface area contributed by atoms with E-state index in [0.29, 0.717) is 25.9 Å². The molecule has 0 bridgehead atoms. The zero-order valence-electron chi connectivity index (χ0n) is 11.6. The van der Waals surface area contributed by atoms with Crippen LogP contribution < -0.4 is 20.1 Å². The Balaban J connectivity index is 3.06. The molecule has 0 saturated carbocycles. The number of amides is 2. The fourth-order valence-corrected chi connectivity index (χ4v) is 2.07. The number of nitrogens with one attached hydrogen (secondary N) is 2. The van der Waals surface area contributed by atoms with Gasteiger partial charge >= 0.3 is 0 Å². The van der Waals surface area contributed by atoms with E-state index >= 15 is 0 Å². The van der Waals surface area contributed by atoms with Crippen LogP contribution in [-0.4, -0.2) is 34.9 Å². The number of alkyl halides is 2. The minimum Gasteiger partial charge on any atom is -0.493 e. The van der Waals surface area contributed by atoms with Crippen LogP contribution >= 0.6 is 45.2 Å². The lowest BCUT2D eigenvalue weighted by atomic mass is 10.1. The Hall–Kier alpha value is -0.780. The van der Waals surface area contributed by atoms with Crippen molar-refractivity contribution in [2.45, 2.75) is 6.17 Å². The van der Waals surface area contributed by atoms with Crippen LogP contribution in [0.1, 0.15) is 11.7 Å². The van der Waals surface area contributed by atoms with Crippen LogP contribution in [-0.2, 0) is 9.59 Å². The van der Waals surface area contributed by atoms with Crippen molar-refractivity contribution in [1.82, 2.24) is 10.6 Å². The number of halogens is 2. The first-order valence-corrected chi connectivity index (χ1v) is 9.03. The minimum absolute atomic E-state index is 0.163. The second kappa shape index (κ2) is 9.28. The molecule has 21 heavy (non-hydrogen) atoms. The summed E-state index contributed by atoms with van der Waals surface area (Å²) in [6.45, 7) is 0. The molecular formula is C13H16I2N2O4. The zero-order valence-corrected chi connectivity index (χ0v) is 15.9. The van der Waals surface area contributed by atoms with Gasteiger partial charge in [0.1, 0.15) is 6.17 Å². The van der Waals surface area contributed by atoms with E-state index < -0.39 is 6.17 Å². The lowest BCUT2D eigenvalue weighted by molar-refractivity contribution is -0.121. The van der Waals surface area contributed by atoms with Gasteiger partial charge in [0.25, 0.3) is 0 Å². The fraction of sp³-hybridized carbons (Fsp3) is 0.385. The summed E-state index contributed by atoms with van der Waals surface area (Å²) in [6.07, 6.45) is -0.602. The maximum absolute atomic E-state index is 11.6. The molecule has 2 amide bonds. The van der Waals surface area contributed by atoms with E-state index in [2.05, 4.69) is 10.6 Å². The van der Waals surface area contributed by atoms with Crippen molar-refractivity contribution in [1.29, 1.82) is 0 Å². The average molecular weight is 518 g/mol. The summed E-state index contributed by atoms with van der Waals surface area (Å²) in [5, 5.41) is 5.52. The fourth-order valence-electron chi connectivity index (χ4n) is 1.63. The molecule has 1 aromatic carbocycles. The summed E-state index contributed by atoms with van der Waals surface area (Å²) < 4.78 is 11.0. The predicted molar refractivity (Wildman–Crippen MR) is 96.3 cm³/mol. The van der Waals surface area contributed by atoms with Crippen molar-refractivity contribution >= 4 is 57.0 Å². The molecule has 0 aliphatic rings. The minimum atomic E-state index is -0.602. The number of carbonyl (C=O) groups is 2. The van der Waals surface area contributed by atoms with Crippen molar-refractivity contribution in [2.75, 3.05) is 23.1 Å². The number of benzene rings is 1. The maximum atomic E-state index is 11.6. The van der Waals surface area contributed by atoms with Gasteiger partial charge in [-0.2, -0.15) is 0 Å². The average Bonchev–Trinajstić information content (AvgIpc) is 2.52. The molecule has 0 spiro atoms. The van der Waals surface area contributed by atoms with Crippen molar-refractivity contribution in [3.8, 4) is 11.5 Å². The summed E-state index contributed by atoms with van der Waals surface area (Å²) in [7, 11) is 3.08. The highest BCUT2D eigenvalue weighted by Crippen LogP contribution is 2.29. The standard InChI is InChI=1S/C13H16I2N2O4/c1-20-9-4-3-8(5-10(9)21-2)13(16-11(18)6-14)17-12(19)7-15/h3-5,13H,6-7H2,1-2H3,(H,16,18)(H,17,19). The summed E-state index contributed by atoms with van der Waals surface area (Å²) in [5.41, 5.74) is 0.712. The highest BCUT2D eigenvalue weighted by molar-refractivity contribution is 14.1. The number of carbonyl (C=O) groups excluding carboxylic acids is 2. The lowest BCUT2D eigenvalue weighted by Gasteiger charge is -2.21. The van der Waals surface area contributed by atoms with Crippen molar-refractivity contribution in [3.63, 3.8) is 0 Å². The molecule has 0 atom stereocenters. The second-order valence-electron chi connectivity index (χ2n) is 3.95. The van der Waals surface area contributed by atoms with Crippen LogP contribution in [0.3, 0.4) is 0 Å². The van der Waals surface area contributed by atoms with Gasteiger partial charge in [-0.15, -0.1) is 0 Å². The third kappa shape index (κ3) is 5.49. The molecule has 0 aliphatic carbocycles. The second-order valence-corrected chi connectivity index (χ2v) is 5.48. The van der Waals surface area contributed by atoms with Gasteiger partial charge in [-0.3, -0.25) is 9.59 Å². The monoisotopic (exact) mass is 518 g/mol. The highest BCUT2D eigenvalue weighted by atomic mass is 127. The molecule has 1 aromatic rings. The van der Waals surface area contributed by atoms with E-state index in [4.69, 9.17) is 9.47 Å². The van der Waals surface area contributed by atoms with Crippen LogP contribution in [0.15, 0.2) is 18.2 Å². The van der Waals surface area contributed by atoms with Crippen molar-refractivity contribution < 1.29 is 19.1 Å². The number of hydrogen-bond donors (Lipinski definition) is 2. The molecule has 0 saturated heterocycles. The van der Waals surface area contributed by atoms with E-state index in [0.717, 1.165) is 0 Å². The van der Waals surface area contributed by atoms with Gasteiger partial charge in [0, 0.05) is 0 Å². The number of methoxy groups -OCH3 is 2. The molecule has 0 radical (unpaired) electrons. The highest BCUT2D eigenvalue weighted by Gasteiger charge is 2.18. The zero-order chi connectivity index (χ0) is 15.8. The molecule has 116 valence electrons. The number of hydrogen-bond acceptors (Lipinski definition) is 4. The predicted octanol–water partition coefficient (Wildman–Crippen LogP) is 1.80. The molecule has 2 N–H and O–H groups in total. The Morgan fingerprint density at radius 1 is 1.05 bits per heavy atom. The first-order valence-electron chi connectivity index (χ1n) is 5.98. The molecular weight excluding hydrogens is 502 g/mol. The van der Waals surface area contributed by atoms with Crippen LogP contribution in [0.2, 0.25) is 0 Å². The van der Waals surface area contributed by atoms with E-state index in [9.17, 15) is 9.59 Å². The molecule has 6 nitrogen and oxygen atoms in total. The van der Waals surface area contributed by atoms with Gasteiger partial charge in [-0.1, -0.05) is 51.2 Å². The van der Waals surface area contributed by atoms with Crippen LogP contribution in [0.25, 0.3) is 0 Å². The molecule has 0 fully saturated rings. The molecule has 0 aromatic heterocycles. The van der Waals surface area contributed by atoms with E-state index in [1.54, 1.807) is 25.3 Å². The van der Waals surface area contributed by atoms with Gasteiger partial charge < -0.3 is 20.1 Å². The first kappa shape index (κ1) is 18.3. The molecule has 0 aliphatic heterocycles. The smallest absolute Gasteiger partial charge is 0.231 e. The summed E-state index contributed by atoms with van der Waals surface area (Å²) in [4.78, 5) is 23.2. The maximum Gasteiger partial charge on any atom is 0.231 e. The van der Waals surface area contributed by atoms with Crippen molar-refractivity contribution in [3.05, 3.63) is 23.8 Å². The SMILES string of the molecule is COc1ccc(C(NC(=O)CI)NC(=O)CI)cc1OC. The first-order chi connectivity index (χ1) is 10.0. The van der Waals surface area contributed by atoms with E-state index in [1.807, 2.05) is 45.2 Å². The van der Waals surface area contributed by atoms with Gasteiger partial charge in [0.2, 0.25) is 11.8 Å². The Labute approximate surface area is 150 Å². The van der Waals surface area contributed by atoms with E-state index in [-0.39, 0.29) is 11.8 Å². The summed E-state index contributed by atoms with van der Waals surface area (Å²) >= 11 is 3.93. The molecule has 8 heteroatoms. The quantitative estimate of drug-likeness (QED) is 0.328. The van der Waals surface area contributed by atoms with E-state index in [1.165, 1.54) is 7.11 Å². The largest absolute Gasteiger partial charge is 0.493 e. The summed E-state index contributed by atoms with van der Waals surface area (Å²) in [5.74, 6) is 0.793. The molecule has 0 unspecified atom stereocenters. The normalized spacial score (nSPS) is 10.1. The van der Waals surface area contributed by atoms with Gasteiger partial charge in [-0.25, -0.2) is 0 Å². The van der Waals surface area contributed by atoms with Gasteiger partial charge in [0.05, 0.1) is 23.1 Å². The van der Waals surface area contributed by atoms with Gasteiger partial charge in [0.15, 0.2) is 11.5 Å². The Morgan fingerprint density at radius 3 is 2.00 bits per heavy atom. The topological polar surface area (TPSA) is 76.7 Å². The number of ether oxygens (including phenoxy) is 2.